The minimum atomic E-state index is 0.215. The minimum Gasteiger partial charge on any atom is -0.0699 e. The fourth-order valence-electron chi connectivity index (χ4n) is 1.85. The van der Waals surface area contributed by atoms with Crippen LogP contribution in [0, 0.1) is 0 Å². The van der Waals surface area contributed by atoms with Gasteiger partial charge in [0.25, 0.3) is 0 Å². The molecule has 0 nitrogen and oxygen atoms in total. The van der Waals surface area contributed by atoms with Crippen molar-refractivity contribution in [2.45, 2.75) is 12.1 Å². The SMILES string of the molecule is BC(B)(C)c1ccc(-c2ccccc2Br)cc1. The van der Waals surface area contributed by atoms with Crippen molar-refractivity contribution < 1.29 is 0 Å². The van der Waals surface area contributed by atoms with Gasteiger partial charge in [0.15, 0.2) is 0 Å². The lowest BCUT2D eigenvalue weighted by Gasteiger charge is -2.19. The van der Waals surface area contributed by atoms with Crippen LogP contribution in [0.15, 0.2) is 53.0 Å². The second-order valence-electron chi connectivity index (χ2n) is 5.31. The maximum absolute atomic E-state index is 3.59. The first-order valence-electron chi connectivity index (χ1n) is 5.84. The molecule has 0 aliphatic heterocycles. The summed E-state index contributed by atoms with van der Waals surface area (Å²) in [6.45, 7) is 2.24. The van der Waals surface area contributed by atoms with Crippen molar-refractivity contribution in [3.8, 4) is 11.1 Å². The summed E-state index contributed by atoms with van der Waals surface area (Å²) < 4.78 is 1.14. The van der Waals surface area contributed by atoms with Crippen LogP contribution in [-0.4, -0.2) is 15.7 Å². The summed E-state index contributed by atoms with van der Waals surface area (Å²) >= 11 is 3.59. The van der Waals surface area contributed by atoms with Crippen LogP contribution in [0.1, 0.15) is 12.5 Å². The fraction of sp³-hybridized carbons (Fsp3) is 0.143. The number of hydrogen-bond donors (Lipinski definition) is 0. The number of hydrogen-bond acceptors (Lipinski definition) is 0. The van der Waals surface area contributed by atoms with Crippen molar-refractivity contribution in [1.29, 1.82) is 0 Å². The van der Waals surface area contributed by atoms with E-state index in [2.05, 4.69) is 81.0 Å². The van der Waals surface area contributed by atoms with Gasteiger partial charge in [-0.2, -0.15) is 0 Å². The molecule has 0 atom stereocenters. The van der Waals surface area contributed by atoms with Crippen molar-refractivity contribution in [3.63, 3.8) is 0 Å². The van der Waals surface area contributed by atoms with E-state index in [4.69, 9.17) is 0 Å². The Balaban J connectivity index is 2.40. The lowest BCUT2D eigenvalue weighted by atomic mass is 9.52. The van der Waals surface area contributed by atoms with Gasteiger partial charge in [0.2, 0.25) is 0 Å². The van der Waals surface area contributed by atoms with Crippen molar-refractivity contribution in [2.24, 2.45) is 0 Å². The first-order chi connectivity index (χ1) is 7.98. The predicted octanol–water partition coefficient (Wildman–Crippen LogP) is 2.56. The van der Waals surface area contributed by atoms with Gasteiger partial charge in [0.05, 0.1) is 0 Å². The molecular formula is C14H15B2Br. The predicted molar refractivity (Wildman–Crippen MR) is 84.0 cm³/mol. The molecule has 0 spiro atoms. The van der Waals surface area contributed by atoms with E-state index < -0.39 is 0 Å². The molecule has 84 valence electrons. The largest absolute Gasteiger partial charge is 0.104 e. The molecule has 0 aliphatic rings. The first kappa shape index (κ1) is 12.5. The monoisotopic (exact) mass is 284 g/mol. The third kappa shape index (κ3) is 2.84. The molecule has 0 heterocycles. The Morgan fingerprint density at radius 3 is 2.06 bits per heavy atom. The highest BCUT2D eigenvalue weighted by atomic mass is 79.9. The maximum Gasteiger partial charge on any atom is 0.104 e. The van der Waals surface area contributed by atoms with Crippen LogP contribution >= 0.6 is 15.9 Å². The van der Waals surface area contributed by atoms with Crippen molar-refractivity contribution in [1.82, 2.24) is 0 Å². The molecule has 2 aromatic rings. The Bertz CT molecular complexity index is 512. The summed E-state index contributed by atoms with van der Waals surface area (Å²) in [5.41, 5.74) is 3.87. The molecule has 0 bridgehead atoms. The van der Waals surface area contributed by atoms with E-state index in [-0.39, 0.29) is 5.21 Å². The normalized spacial score (nSPS) is 11.4. The topological polar surface area (TPSA) is 0 Å². The molecule has 0 amide bonds. The molecule has 17 heavy (non-hydrogen) atoms. The molecule has 0 N–H and O–H groups in total. The van der Waals surface area contributed by atoms with Gasteiger partial charge in [-0.05, 0) is 17.2 Å². The Kier molecular flexibility index (Phi) is 3.48. The van der Waals surface area contributed by atoms with Gasteiger partial charge in [0.1, 0.15) is 15.7 Å². The zero-order chi connectivity index (χ0) is 12.5. The highest BCUT2D eigenvalue weighted by molar-refractivity contribution is 9.10. The quantitative estimate of drug-likeness (QED) is 0.744. The number of halogens is 1. The van der Waals surface area contributed by atoms with E-state index >= 15 is 0 Å². The van der Waals surface area contributed by atoms with Crippen molar-refractivity contribution >= 4 is 31.6 Å². The average molecular weight is 285 g/mol. The molecule has 2 rings (SSSR count). The van der Waals surface area contributed by atoms with Gasteiger partial charge in [-0.15, -0.1) is 0 Å². The average Bonchev–Trinajstić information content (AvgIpc) is 2.29. The van der Waals surface area contributed by atoms with Gasteiger partial charge in [-0.25, -0.2) is 0 Å². The van der Waals surface area contributed by atoms with Crippen LogP contribution in [0.3, 0.4) is 0 Å². The third-order valence-corrected chi connectivity index (χ3v) is 3.63. The Morgan fingerprint density at radius 2 is 1.53 bits per heavy atom. The standard InChI is InChI=1S/C14H15B2Br/c1-14(15,16)11-8-6-10(7-9-11)12-4-2-3-5-13(12)17/h2-9H,15-16H2,1H3. The molecule has 3 heteroatoms. The molecule has 0 saturated carbocycles. The first-order valence-corrected chi connectivity index (χ1v) is 6.63. The van der Waals surface area contributed by atoms with Crippen molar-refractivity contribution in [3.05, 3.63) is 58.6 Å². The summed E-state index contributed by atoms with van der Waals surface area (Å²) in [6.07, 6.45) is 0. The molecule has 0 aromatic heterocycles. The lowest BCUT2D eigenvalue weighted by molar-refractivity contribution is 0.973. The summed E-state index contributed by atoms with van der Waals surface area (Å²) in [5, 5.41) is 0.215. The van der Waals surface area contributed by atoms with Gasteiger partial charge in [-0.3, -0.25) is 0 Å². The minimum absolute atomic E-state index is 0.215. The third-order valence-electron chi connectivity index (χ3n) is 2.94. The van der Waals surface area contributed by atoms with Crippen LogP contribution in [0.2, 0.25) is 0 Å². The van der Waals surface area contributed by atoms with E-state index in [1.165, 1.54) is 16.7 Å². The summed E-state index contributed by atoms with van der Waals surface area (Å²) in [5.74, 6) is 0. The highest BCUT2D eigenvalue weighted by Crippen LogP contribution is 2.29. The second kappa shape index (κ2) is 4.73. The highest BCUT2D eigenvalue weighted by Gasteiger charge is 2.13. The van der Waals surface area contributed by atoms with Crippen LogP contribution in [0.25, 0.3) is 11.1 Å². The van der Waals surface area contributed by atoms with E-state index in [9.17, 15) is 0 Å². The van der Waals surface area contributed by atoms with Gasteiger partial charge < -0.3 is 0 Å². The smallest absolute Gasteiger partial charge is 0.0699 e. The van der Waals surface area contributed by atoms with Crippen LogP contribution in [0.5, 0.6) is 0 Å². The fourth-order valence-corrected chi connectivity index (χ4v) is 2.36. The lowest BCUT2D eigenvalue weighted by Crippen LogP contribution is -2.21. The second-order valence-corrected chi connectivity index (χ2v) is 6.16. The summed E-state index contributed by atoms with van der Waals surface area (Å²) in [4.78, 5) is 0. The Hall–Kier alpha value is -0.950. The molecular weight excluding hydrogens is 270 g/mol. The zero-order valence-corrected chi connectivity index (χ0v) is 12.1. The number of rotatable bonds is 2. The van der Waals surface area contributed by atoms with Gasteiger partial charge >= 0.3 is 0 Å². The van der Waals surface area contributed by atoms with Crippen LogP contribution in [-0.2, 0) is 5.21 Å². The molecule has 2 aromatic carbocycles. The van der Waals surface area contributed by atoms with Crippen LogP contribution < -0.4 is 0 Å². The Morgan fingerprint density at radius 1 is 0.941 bits per heavy atom. The van der Waals surface area contributed by atoms with Gasteiger partial charge in [-0.1, -0.05) is 76.1 Å². The molecule has 0 saturated heterocycles. The van der Waals surface area contributed by atoms with E-state index in [1.807, 2.05) is 6.07 Å². The van der Waals surface area contributed by atoms with E-state index in [0.717, 1.165) is 4.47 Å². The zero-order valence-electron chi connectivity index (χ0n) is 10.5. The van der Waals surface area contributed by atoms with Crippen LogP contribution in [0.4, 0.5) is 0 Å². The van der Waals surface area contributed by atoms with E-state index in [1.54, 1.807) is 0 Å². The summed E-state index contributed by atoms with van der Waals surface area (Å²) in [6, 6.07) is 17.1. The van der Waals surface area contributed by atoms with Crippen molar-refractivity contribution in [2.75, 3.05) is 0 Å². The molecule has 0 fully saturated rings. The Labute approximate surface area is 113 Å². The molecule has 0 unspecified atom stereocenters. The van der Waals surface area contributed by atoms with Gasteiger partial charge in [0, 0.05) is 4.47 Å². The number of benzene rings is 2. The van der Waals surface area contributed by atoms with E-state index in [0.29, 0.717) is 0 Å². The molecule has 0 aliphatic carbocycles. The summed E-state index contributed by atoms with van der Waals surface area (Å²) in [7, 11) is 4.47. The maximum atomic E-state index is 3.59. The molecule has 0 radical (unpaired) electrons.